The van der Waals surface area contributed by atoms with Crippen LogP contribution in [0.1, 0.15) is 77.6 Å². The fourth-order valence-corrected chi connectivity index (χ4v) is 2.28. The average molecular weight is 206 g/mol. The predicted molar refractivity (Wildman–Crippen MR) is 67.7 cm³/mol. The third kappa shape index (κ3) is 6.61. The Morgan fingerprint density at radius 1 is 0.933 bits per heavy atom. The lowest BCUT2D eigenvalue weighted by Gasteiger charge is -2.03. The number of unbranched alkanes of at least 4 members (excludes halogenated alkanes) is 4. The summed E-state index contributed by atoms with van der Waals surface area (Å²) in [6.45, 7) is 2.26. The van der Waals surface area contributed by atoms with E-state index >= 15 is 0 Å². The molecule has 0 atom stereocenters. The highest BCUT2D eigenvalue weighted by Gasteiger charge is 2.08. The monoisotopic (exact) mass is 206 g/mol. The van der Waals surface area contributed by atoms with Crippen LogP contribution in [0.25, 0.3) is 0 Å². The summed E-state index contributed by atoms with van der Waals surface area (Å²) in [5.41, 5.74) is 0. The molecular formula is C15H26. The third-order valence-electron chi connectivity index (χ3n) is 3.32. The summed E-state index contributed by atoms with van der Waals surface area (Å²) >= 11 is 0. The van der Waals surface area contributed by atoms with Crippen molar-refractivity contribution in [2.24, 2.45) is 5.92 Å². The molecule has 0 radical (unpaired) electrons. The first-order valence-electron chi connectivity index (χ1n) is 6.92. The summed E-state index contributed by atoms with van der Waals surface area (Å²) in [6, 6.07) is 0. The zero-order valence-corrected chi connectivity index (χ0v) is 10.4. The molecule has 0 heteroatoms. The van der Waals surface area contributed by atoms with Crippen LogP contribution in [0.15, 0.2) is 0 Å². The summed E-state index contributed by atoms with van der Waals surface area (Å²) in [5.74, 6) is 7.62. The topological polar surface area (TPSA) is 0 Å². The lowest BCUT2D eigenvalue weighted by molar-refractivity contribution is 0.576. The Hall–Kier alpha value is -0.440. The summed E-state index contributed by atoms with van der Waals surface area (Å²) in [4.78, 5) is 0. The van der Waals surface area contributed by atoms with Crippen molar-refractivity contribution in [3.8, 4) is 11.8 Å². The van der Waals surface area contributed by atoms with E-state index in [-0.39, 0.29) is 0 Å². The van der Waals surface area contributed by atoms with Crippen molar-refractivity contribution in [1.29, 1.82) is 0 Å². The molecule has 1 fully saturated rings. The van der Waals surface area contributed by atoms with Gasteiger partial charge in [0.25, 0.3) is 0 Å². The SMILES string of the molecule is CCCCCCC#CC1CCCCCC1. The molecule has 0 aliphatic heterocycles. The second-order valence-electron chi connectivity index (χ2n) is 4.82. The molecule has 0 unspecified atom stereocenters. The van der Waals surface area contributed by atoms with Crippen LogP contribution in [0.3, 0.4) is 0 Å². The first kappa shape index (κ1) is 12.6. The molecule has 0 bridgehead atoms. The van der Waals surface area contributed by atoms with E-state index in [0.717, 1.165) is 12.3 Å². The maximum atomic E-state index is 3.49. The maximum Gasteiger partial charge on any atom is 0.0202 e. The zero-order valence-electron chi connectivity index (χ0n) is 10.4. The molecule has 0 saturated heterocycles. The van der Waals surface area contributed by atoms with Crippen LogP contribution in [0, 0.1) is 17.8 Å². The van der Waals surface area contributed by atoms with Crippen molar-refractivity contribution < 1.29 is 0 Å². The van der Waals surface area contributed by atoms with Gasteiger partial charge in [-0.05, 0) is 19.3 Å². The standard InChI is InChI=1S/C15H26/c1-2-3-4-5-6-9-12-15-13-10-7-8-11-14-15/h15H,2-8,10-11,13-14H2,1H3. The molecule has 1 rings (SSSR count). The third-order valence-corrected chi connectivity index (χ3v) is 3.32. The van der Waals surface area contributed by atoms with Crippen molar-refractivity contribution in [3.63, 3.8) is 0 Å². The number of rotatable bonds is 4. The molecule has 0 spiro atoms. The van der Waals surface area contributed by atoms with Gasteiger partial charge < -0.3 is 0 Å². The van der Waals surface area contributed by atoms with Gasteiger partial charge in [-0.15, -0.1) is 5.92 Å². The molecule has 1 aliphatic carbocycles. The normalized spacial score (nSPS) is 17.9. The van der Waals surface area contributed by atoms with E-state index in [9.17, 15) is 0 Å². The molecule has 0 N–H and O–H groups in total. The van der Waals surface area contributed by atoms with Gasteiger partial charge in [0, 0.05) is 12.3 Å². The van der Waals surface area contributed by atoms with Gasteiger partial charge in [-0.25, -0.2) is 0 Å². The van der Waals surface area contributed by atoms with E-state index < -0.39 is 0 Å². The fraction of sp³-hybridized carbons (Fsp3) is 0.867. The van der Waals surface area contributed by atoms with Gasteiger partial charge in [-0.3, -0.25) is 0 Å². The van der Waals surface area contributed by atoms with Gasteiger partial charge in [-0.1, -0.05) is 57.8 Å². The van der Waals surface area contributed by atoms with Gasteiger partial charge >= 0.3 is 0 Å². The van der Waals surface area contributed by atoms with Crippen LogP contribution in [-0.2, 0) is 0 Å². The minimum atomic E-state index is 0.735. The lowest BCUT2D eigenvalue weighted by atomic mass is 10.0. The molecule has 0 aromatic rings. The molecular weight excluding hydrogens is 180 g/mol. The summed E-state index contributed by atoms with van der Waals surface area (Å²) in [5, 5.41) is 0. The van der Waals surface area contributed by atoms with E-state index in [2.05, 4.69) is 18.8 Å². The number of hydrogen-bond donors (Lipinski definition) is 0. The lowest BCUT2D eigenvalue weighted by Crippen LogP contribution is -1.93. The maximum absolute atomic E-state index is 3.49. The Kier molecular flexibility index (Phi) is 7.44. The Bertz CT molecular complexity index is 186. The van der Waals surface area contributed by atoms with Crippen molar-refractivity contribution >= 4 is 0 Å². The van der Waals surface area contributed by atoms with E-state index in [1.165, 1.54) is 64.2 Å². The first-order chi connectivity index (χ1) is 7.43. The Morgan fingerprint density at radius 2 is 1.67 bits per heavy atom. The second kappa shape index (κ2) is 8.84. The van der Waals surface area contributed by atoms with Crippen molar-refractivity contribution in [2.75, 3.05) is 0 Å². The van der Waals surface area contributed by atoms with E-state index in [1.807, 2.05) is 0 Å². The molecule has 0 heterocycles. The highest BCUT2D eigenvalue weighted by Crippen LogP contribution is 2.21. The fourth-order valence-electron chi connectivity index (χ4n) is 2.28. The predicted octanol–water partition coefficient (Wildman–Crippen LogP) is 4.93. The molecule has 86 valence electrons. The summed E-state index contributed by atoms with van der Waals surface area (Å²) in [7, 11) is 0. The Morgan fingerprint density at radius 3 is 2.33 bits per heavy atom. The van der Waals surface area contributed by atoms with Gasteiger partial charge in [0.2, 0.25) is 0 Å². The van der Waals surface area contributed by atoms with Crippen molar-refractivity contribution in [2.45, 2.75) is 77.6 Å². The van der Waals surface area contributed by atoms with Gasteiger partial charge in [0.1, 0.15) is 0 Å². The van der Waals surface area contributed by atoms with E-state index in [1.54, 1.807) is 0 Å². The summed E-state index contributed by atoms with van der Waals surface area (Å²) < 4.78 is 0. The average Bonchev–Trinajstić information content (AvgIpc) is 2.52. The van der Waals surface area contributed by atoms with E-state index in [4.69, 9.17) is 0 Å². The second-order valence-corrected chi connectivity index (χ2v) is 4.82. The molecule has 15 heavy (non-hydrogen) atoms. The highest BCUT2D eigenvalue weighted by molar-refractivity contribution is 5.03. The van der Waals surface area contributed by atoms with Crippen LogP contribution in [0.2, 0.25) is 0 Å². The van der Waals surface area contributed by atoms with Crippen LogP contribution in [0.4, 0.5) is 0 Å². The minimum Gasteiger partial charge on any atom is -0.103 e. The molecule has 0 nitrogen and oxygen atoms in total. The molecule has 0 aromatic heterocycles. The summed E-state index contributed by atoms with van der Waals surface area (Å²) in [6.07, 6.45) is 15.0. The van der Waals surface area contributed by atoms with Gasteiger partial charge in [-0.2, -0.15) is 0 Å². The van der Waals surface area contributed by atoms with Crippen molar-refractivity contribution in [1.82, 2.24) is 0 Å². The van der Waals surface area contributed by atoms with Gasteiger partial charge in [0.05, 0.1) is 0 Å². The van der Waals surface area contributed by atoms with Crippen LogP contribution < -0.4 is 0 Å². The molecule has 0 amide bonds. The largest absolute Gasteiger partial charge is 0.103 e. The highest BCUT2D eigenvalue weighted by atomic mass is 14.1. The molecule has 1 aliphatic rings. The Balaban J connectivity index is 2.07. The molecule has 1 saturated carbocycles. The van der Waals surface area contributed by atoms with Crippen LogP contribution in [0.5, 0.6) is 0 Å². The van der Waals surface area contributed by atoms with Crippen molar-refractivity contribution in [3.05, 3.63) is 0 Å². The minimum absolute atomic E-state index is 0.735. The van der Waals surface area contributed by atoms with E-state index in [0.29, 0.717) is 0 Å². The van der Waals surface area contributed by atoms with Crippen LogP contribution in [-0.4, -0.2) is 0 Å². The Labute approximate surface area is 95.8 Å². The van der Waals surface area contributed by atoms with Gasteiger partial charge in [0.15, 0.2) is 0 Å². The quantitative estimate of drug-likeness (QED) is 0.347. The zero-order chi connectivity index (χ0) is 10.8. The number of hydrogen-bond acceptors (Lipinski definition) is 0. The first-order valence-corrected chi connectivity index (χ1v) is 6.92. The molecule has 0 aromatic carbocycles. The smallest absolute Gasteiger partial charge is 0.0202 e. The van der Waals surface area contributed by atoms with Crippen LogP contribution >= 0.6 is 0 Å².